The Morgan fingerprint density at radius 2 is 0.816 bits per heavy atom. The van der Waals surface area contributed by atoms with Crippen LogP contribution in [0.5, 0.6) is 0 Å². The Kier molecular flexibility index (Phi) is 36.2. The molecule has 0 aromatic carbocycles. The Bertz CT molecular complexity index is 2810. The zero-order valence-corrected chi connectivity index (χ0v) is 53.3. The standard InChI is InChI=1S/C56H93N5O37/c1-56(2,3)98-55(89)57-14-6-4-5-7-32(68)58-21-24-22-61(60-59-24)15-8-25-33(69)40(76)48(83)90-26(9-16-62)34(70)41(77)49(84)91-27(10-17-63)35(71)42(78)50(85)92-28(11-18-64)36(72)43(79)51(86)93-29(12-19-65)37(73)44(80)52(87)94-30(13-20-66)38(74)45(81)53(88)97-47-31(23-67)96-54(95-25)46(82)39(47)75/h22,25-31,39,46-54,62-67,69-88H,4-21,23H2,1-3H3,(H,57,89)(H,58,68)/b40-33?,41-34-,42-35+,43-36-,44-37+,45-38+. The molecule has 17 atom stereocenters. The van der Waals surface area contributed by atoms with Crippen LogP contribution in [0.15, 0.2) is 75.3 Å². The van der Waals surface area contributed by atoms with Crippen molar-refractivity contribution >= 4 is 12.0 Å². The van der Waals surface area contributed by atoms with Crippen molar-refractivity contribution < 1.29 is 185 Å². The van der Waals surface area contributed by atoms with Gasteiger partial charge in [0.15, 0.2) is 75.4 Å². The molecule has 4 heterocycles. The van der Waals surface area contributed by atoms with E-state index in [1.165, 1.54) is 6.20 Å². The van der Waals surface area contributed by atoms with E-state index in [0.717, 1.165) is 4.68 Å². The van der Waals surface area contributed by atoms with Gasteiger partial charge in [0.1, 0.15) is 72.3 Å². The minimum atomic E-state index is -2.89. The molecular formula is C56H93N5O37. The average molecular weight is 1430 g/mol. The second kappa shape index (κ2) is 41.6. The van der Waals surface area contributed by atoms with Crippen LogP contribution in [0, 0.1) is 0 Å². The molecule has 3 aliphatic heterocycles. The summed E-state index contributed by atoms with van der Waals surface area (Å²) in [5, 5.41) is 293. The summed E-state index contributed by atoms with van der Waals surface area (Å²) in [6.45, 7) is -1.42. The van der Waals surface area contributed by atoms with Gasteiger partial charge in [0.25, 0.3) is 0 Å². The topological polar surface area (TPSA) is 698 Å². The fraction of sp³-hybridized carbons (Fsp3) is 0.714. The third-order valence-corrected chi connectivity index (χ3v) is 14.1. The Labute approximate surface area is 557 Å². The number of carbonyl (C=O) groups excluding carboxylic acids is 2. The lowest BCUT2D eigenvalue weighted by Crippen LogP contribution is -2.61. The van der Waals surface area contributed by atoms with Crippen molar-refractivity contribution in [3.8, 4) is 0 Å². The van der Waals surface area contributed by atoms with Crippen molar-refractivity contribution in [3.63, 3.8) is 0 Å². The van der Waals surface area contributed by atoms with E-state index in [1.54, 1.807) is 20.8 Å². The SMILES string of the molecule is CC(C)(C)OC(=O)NCCCCCC(=O)NCc1cn(CCC2OC3OC(CO)C(OC(O)/C(O)=C(\O)C(CCO)OC(O)/C(O)=C(\O)C(CCO)OC(O)/C(O)=C(/O)C(CCO)OC(O)/C(O)=C(\O)C(CCO)OC(O)/C(O)=C(/O)C(CCO)OC(O)C(O)=C2O)C(O)C3O)nn1. The number of ether oxygens (including phenoxy) is 9. The number of nitrogens with one attached hydrogen (secondary N) is 2. The number of alkyl carbamates (subject to hydrolysis) is 1. The van der Waals surface area contributed by atoms with E-state index in [0.29, 0.717) is 25.8 Å². The maximum atomic E-state index is 12.7. The number of aryl methyl sites for hydroxylation is 1. The van der Waals surface area contributed by atoms with Crippen LogP contribution in [-0.4, -0.2) is 317 Å². The molecule has 0 aliphatic carbocycles. The van der Waals surface area contributed by atoms with Crippen LogP contribution in [0.3, 0.4) is 0 Å². The van der Waals surface area contributed by atoms with E-state index in [9.17, 15) is 142 Å². The van der Waals surface area contributed by atoms with Gasteiger partial charge in [-0.3, -0.25) is 9.48 Å². The molecule has 564 valence electrons. The highest BCUT2D eigenvalue weighted by atomic mass is 16.7. The number of aliphatic hydroxyl groups is 26. The van der Waals surface area contributed by atoms with Crippen LogP contribution in [-0.2, 0) is 60.5 Å². The molecule has 42 nitrogen and oxygen atoms in total. The molecule has 17 unspecified atom stereocenters. The maximum absolute atomic E-state index is 12.7. The molecular weight excluding hydrogens is 1330 g/mol. The highest BCUT2D eigenvalue weighted by Crippen LogP contribution is 2.32. The number of nitrogens with zero attached hydrogens (tertiary/aromatic N) is 3. The first-order chi connectivity index (χ1) is 46.1. The number of amides is 2. The Morgan fingerprint density at radius 1 is 0.459 bits per heavy atom. The summed E-state index contributed by atoms with van der Waals surface area (Å²) in [5.41, 5.74) is -0.525. The molecule has 0 saturated carbocycles. The van der Waals surface area contributed by atoms with Crippen LogP contribution >= 0.6 is 0 Å². The van der Waals surface area contributed by atoms with Crippen LogP contribution in [0.2, 0.25) is 0 Å². The largest absolute Gasteiger partial charge is 0.506 e. The number of rotatable bonds is 22. The number of aromatic nitrogens is 3. The van der Waals surface area contributed by atoms with E-state index in [1.807, 2.05) is 0 Å². The highest BCUT2D eigenvalue weighted by molar-refractivity contribution is 5.75. The molecule has 42 heteroatoms. The van der Waals surface area contributed by atoms with Crippen molar-refractivity contribution in [3.05, 3.63) is 81.0 Å². The predicted octanol–water partition coefficient (Wildman–Crippen LogP) is -3.69. The van der Waals surface area contributed by atoms with Crippen molar-refractivity contribution in [1.82, 2.24) is 25.6 Å². The number of aliphatic hydroxyl groups excluding tert-OH is 26. The van der Waals surface area contributed by atoms with Crippen molar-refractivity contribution in [2.45, 2.75) is 209 Å². The molecule has 1 saturated heterocycles. The minimum absolute atomic E-state index is 0.0846. The molecule has 0 radical (unpaired) electrons. The number of fused-ring (bicyclic) bond motifs is 26. The zero-order valence-electron chi connectivity index (χ0n) is 53.3. The summed E-state index contributed by atoms with van der Waals surface area (Å²) >= 11 is 0. The third kappa shape index (κ3) is 26.0. The van der Waals surface area contributed by atoms with Gasteiger partial charge >= 0.3 is 6.09 Å². The molecule has 2 amide bonds. The smallest absolute Gasteiger partial charge is 0.407 e. The van der Waals surface area contributed by atoms with E-state index < -0.39 is 271 Å². The van der Waals surface area contributed by atoms with Crippen LogP contribution in [0.4, 0.5) is 4.79 Å². The second-order valence-electron chi connectivity index (χ2n) is 22.6. The average Bonchev–Trinajstić information content (AvgIpc) is 1.06. The molecule has 1 aromatic heterocycles. The van der Waals surface area contributed by atoms with Gasteiger partial charge < -0.3 is 186 Å². The normalized spacial score (nSPS) is 33.6. The van der Waals surface area contributed by atoms with E-state index >= 15 is 0 Å². The molecule has 1 fully saturated rings. The van der Waals surface area contributed by atoms with Crippen LogP contribution in [0.1, 0.15) is 90.7 Å². The fourth-order valence-corrected chi connectivity index (χ4v) is 8.91. The molecule has 28 N–H and O–H groups in total. The molecule has 0 spiro atoms. The number of hydrogen-bond donors (Lipinski definition) is 28. The first-order valence-corrected chi connectivity index (χ1v) is 30.3. The van der Waals surface area contributed by atoms with Gasteiger partial charge in [-0.1, -0.05) is 11.6 Å². The first kappa shape index (κ1) is 85.3. The summed E-state index contributed by atoms with van der Waals surface area (Å²) in [6, 6.07) is 0. The van der Waals surface area contributed by atoms with E-state index in [2.05, 4.69) is 20.9 Å². The number of hydrogen-bond acceptors (Lipinski definition) is 39. The van der Waals surface area contributed by atoms with Gasteiger partial charge in [-0.05, 0) is 33.6 Å². The lowest BCUT2D eigenvalue weighted by Gasteiger charge is -2.43. The van der Waals surface area contributed by atoms with Crippen LogP contribution in [0.25, 0.3) is 0 Å². The van der Waals surface area contributed by atoms with Crippen molar-refractivity contribution in [2.75, 3.05) is 46.2 Å². The quantitative estimate of drug-likeness (QED) is 0.0497. The number of carbonyl (C=O) groups is 2. The van der Waals surface area contributed by atoms with Gasteiger partial charge in [-0.15, -0.1) is 5.10 Å². The summed E-state index contributed by atoms with van der Waals surface area (Å²) in [7, 11) is 0. The fourth-order valence-electron chi connectivity index (χ4n) is 8.91. The molecule has 98 heavy (non-hydrogen) atoms. The van der Waals surface area contributed by atoms with E-state index in [-0.39, 0.29) is 24.6 Å². The zero-order chi connectivity index (χ0) is 73.9. The molecule has 2 bridgehead atoms. The Balaban J connectivity index is 2.16. The van der Waals surface area contributed by atoms with Gasteiger partial charge in [0, 0.05) is 91.1 Å². The maximum Gasteiger partial charge on any atom is 0.407 e. The van der Waals surface area contributed by atoms with Gasteiger partial charge in [-0.2, -0.15) is 0 Å². The van der Waals surface area contributed by atoms with Gasteiger partial charge in [0.2, 0.25) is 43.6 Å². The minimum Gasteiger partial charge on any atom is -0.506 e. The monoisotopic (exact) mass is 1430 g/mol. The Hall–Kier alpha value is -6.96. The molecule has 1 aromatic rings. The summed E-state index contributed by atoms with van der Waals surface area (Å²) in [4.78, 5) is 24.5. The Morgan fingerprint density at radius 3 is 1.16 bits per heavy atom. The lowest BCUT2D eigenvalue weighted by atomic mass is 9.98. The summed E-state index contributed by atoms with van der Waals surface area (Å²) in [6.07, 6.45) is -44.6. The van der Waals surface area contributed by atoms with Crippen molar-refractivity contribution in [1.29, 1.82) is 0 Å². The second-order valence-corrected chi connectivity index (χ2v) is 22.6. The predicted molar refractivity (Wildman–Crippen MR) is 319 cm³/mol. The number of unbranched alkanes of at least 4 members (excludes halogenated alkanes) is 2. The summed E-state index contributed by atoms with van der Waals surface area (Å²) in [5.74, 6) is -19.7. The summed E-state index contributed by atoms with van der Waals surface area (Å²) < 4.78 is 48.5. The third-order valence-electron chi connectivity index (χ3n) is 14.1. The van der Waals surface area contributed by atoms with Crippen molar-refractivity contribution in [2.24, 2.45) is 0 Å². The van der Waals surface area contributed by atoms with Gasteiger partial charge in [-0.25, -0.2) is 4.79 Å². The van der Waals surface area contributed by atoms with Gasteiger partial charge in [0.05, 0.1) is 19.3 Å². The molecule has 4 rings (SSSR count). The molecule has 3 aliphatic rings. The first-order valence-electron chi connectivity index (χ1n) is 30.3. The van der Waals surface area contributed by atoms with Crippen LogP contribution < -0.4 is 10.6 Å². The van der Waals surface area contributed by atoms with E-state index in [4.69, 9.17) is 42.6 Å². The lowest BCUT2D eigenvalue weighted by molar-refractivity contribution is -0.329. The highest BCUT2D eigenvalue weighted by Gasteiger charge is 2.49.